The van der Waals surface area contributed by atoms with Crippen molar-refractivity contribution >= 4 is 0 Å². The minimum atomic E-state index is 0.775. The van der Waals surface area contributed by atoms with E-state index in [0.717, 1.165) is 39.3 Å². The van der Waals surface area contributed by atoms with Gasteiger partial charge in [-0.2, -0.15) is 0 Å². The molecule has 0 radical (unpaired) electrons. The number of hydrogen-bond donors (Lipinski definition) is 2. The van der Waals surface area contributed by atoms with Crippen LogP contribution in [-0.4, -0.2) is 62.2 Å². The molecule has 78 valence electrons. The van der Waals surface area contributed by atoms with E-state index in [4.69, 9.17) is 11.5 Å². The Kier molecular flexibility index (Phi) is 5.31. The molecule has 4 N–H and O–H groups in total. The maximum absolute atomic E-state index is 5.53. The Bertz CT molecular complexity index is 115. The fourth-order valence-electron chi connectivity index (χ4n) is 1.84. The fraction of sp³-hybridized carbons (Fsp3) is 1.00. The molecule has 1 aliphatic heterocycles. The van der Waals surface area contributed by atoms with Crippen LogP contribution in [0.5, 0.6) is 0 Å². The Morgan fingerprint density at radius 2 is 1.23 bits per heavy atom. The number of nitrogens with two attached hydrogens (primary N) is 2. The van der Waals surface area contributed by atoms with Crippen molar-refractivity contribution in [3.63, 3.8) is 0 Å². The third-order valence-corrected chi connectivity index (χ3v) is 2.57. The van der Waals surface area contributed by atoms with Gasteiger partial charge in [-0.3, -0.25) is 0 Å². The topological polar surface area (TPSA) is 58.5 Å². The Morgan fingerprint density at radius 3 is 1.62 bits per heavy atom. The lowest BCUT2D eigenvalue weighted by molar-refractivity contribution is 0.264. The first-order valence-electron chi connectivity index (χ1n) is 5.21. The van der Waals surface area contributed by atoms with Crippen LogP contribution in [-0.2, 0) is 0 Å². The van der Waals surface area contributed by atoms with Crippen LogP contribution in [0.3, 0.4) is 0 Å². The van der Waals surface area contributed by atoms with Crippen LogP contribution in [0.1, 0.15) is 6.42 Å². The van der Waals surface area contributed by atoms with Crippen molar-refractivity contribution in [3.05, 3.63) is 0 Å². The fourth-order valence-corrected chi connectivity index (χ4v) is 1.84. The summed E-state index contributed by atoms with van der Waals surface area (Å²) in [6, 6.07) is 0. The molecule has 0 spiro atoms. The first kappa shape index (κ1) is 10.9. The number of hydrogen-bond acceptors (Lipinski definition) is 4. The lowest BCUT2D eigenvalue weighted by Crippen LogP contribution is -2.35. The van der Waals surface area contributed by atoms with Crippen molar-refractivity contribution in [2.45, 2.75) is 6.42 Å². The molecule has 0 amide bonds. The first-order chi connectivity index (χ1) is 6.36. The highest BCUT2D eigenvalue weighted by molar-refractivity contribution is 4.69. The van der Waals surface area contributed by atoms with Crippen molar-refractivity contribution in [2.24, 2.45) is 11.5 Å². The minimum Gasteiger partial charge on any atom is -0.329 e. The van der Waals surface area contributed by atoms with Crippen LogP contribution in [0.2, 0.25) is 0 Å². The van der Waals surface area contributed by atoms with E-state index in [9.17, 15) is 0 Å². The molecule has 0 aromatic rings. The van der Waals surface area contributed by atoms with E-state index in [1.165, 1.54) is 19.5 Å². The summed E-state index contributed by atoms with van der Waals surface area (Å²) in [5.41, 5.74) is 11.1. The monoisotopic (exact) mass is 186 g/mol. The van der Waals surface area contributed by atoms with Crippen molar-refractivity contribution in [1.82, 2.24) is 9.80 Å². The van der Waals surface area contributed by atoms with Gasteiger partial charge in [0.1, 0.15) is 0 Å². The maximum Gasteiger partial charge on any atom is 0.0110 e. The van der Waals surface area contributed by atoms with E-state index in [1.54, 1.807) is 0 Å². The number of rotatable bonds is 4. The molecule has 0 aromatic heterocycles. The van der Waals surface area contributed by atoms with Gasteiger partial charge in [-0.1, -0.05) is 0 Å². The SMILES string of the molecule is NCCN1CCCN(CCN)CC1. The van der Waals surface area contributed by atoms with E-state index < -0.39 is 0 Å². The molecular weight excluding hydrogens is 164 g/mol. The van der Waals surface area contributed by atoms with E-state index >= 15 is 0 Å². The van der Waals surface area contributed by atoms with Gasteiger partial charge in [-0.05, 0) is 19.5 Å². The molecule has 4 nitrogen and oxygen atoms in total. The first-order valence-corrected chi connectivity index (χ1v) is 5.21. The third-order valence-electron chi connectivity index (χ3n) is 2.57. The van der Waals surface area contributed by atoms with Crippen molar-refractivity contribution in [2.75, 3.05) is 52.4 Å². The molecule has 4 heteroatoms. The lowest BCUT2D eigenvalue weighted by atomic mass is 10.4. The zero-order valence-corrected chi connectivity index (χ0v) is 8.41. The molecule has 13 heavy (non-hydrogen) atoms. The smallest absolute Gasteiger partial charge is 0.0110 e. The second kappa shape index (κ2) is 6.32. The van der Waals surface area contributed by atoms with Crippen LogP contribution >= 0.6 is 0 Å². The molecular formula is C9H22N4. The van der Waals surface area contributed by atoms with Gasteiger partial charge < -0.3 is 21.3 Å². The maximum atomic E-state index is 5.53. The summed E-state index contributed by atoms with van der Waals surface area (Å²) < 4.78 is 0. The highest BCUT2D eigenvalue weighted by atomic mass is 15.2. The highest BCUT2D eigenvalue weighted by Crippen LogP contribution is 2.01. The minimum absolute atomic E-state index is 0.775. The third kappa shape index (κ3) is 4.04. The standard InChI is InChI=1S/C9H22N4/c10-2-6-12-4-1-5-13(7-3-11)9-8-12/h1-11H2. The Balaban J connectivity index is 2.22. The zero-order valence-electron chi connectivity index (χ0n) is 8.41. The Morgan fingerprint density at radius 1 is 0.769 bits per heavy atom. The van der Waals surface area contributed by atoms with E-state index in [0.29, 0.717) is 0 Å². The van der Waals surface area contributed by atoms with Crippen LogP contribution in [0.4, 0.5) is 0 Å². The van der Waals surface area contributed by atoms with Gasteiger partial charge >= 0.3 is 0 Å². The Hall–Kier alpha value is -0.160. The van der Waals surface area contributed by atoms with Crippen LogP contribution in [0.15, 0.2) is 0 Å². The molecule has 1 rings (SSSR count). The normalized spacial score (nSPS) is 21.7. The average Bonchev–Trinajstić information content (AvgIpc) is 2.33. The second-order valence-corrected chi connectivity index (χ2v) is 3.61. The van der Waals surface area contributed by atoms with Crippen LogP contribution in [0, 0.1) is 0 Å². The quantitative estimate of drug-likeness (QED) is 0.586. The summed E-state index contributed by atoms with van der Waals surface area (Å²) in [6.07, 6.45) is 1.25. The molecule has 1 heterocycles. The summed E-state index contributed by atoms with van der Waals surface area (Å²) in [7, 11) is 0. The van der Waals surface area contributed by atoms with Gasteiger partial charge in [0.15, 0.2) is 0 Å². The van der Waals surface area contributed by atoms with Gasteiger partial charge in [0.25, 0.3) is 0 Å². The molecule has 0 bridgehead atoms. The molecule has 1 saturated heterocycles. The summed E-state index contributed by atoms with van der Waals surface area (Å²) in [5.74, 6) is 0. The highest BCUT2D eigenvalue weighted by Gasteiger charge is 2.12. The van der Waals surface area contributed by atoms with E-state index in [-0.39, 0.29) is 0 Å². The molecule has 0 aliphatic carbocycles. The summed E-state index contributed by atoms with van der Waals surface area (Å²) >= 11 is 0. The zero-order chi connectivity index (χ0) is 9.52. The molecule has 0 saturated carbocycles. The van der Waals surface area contributed by atoms with Gasteiger partial charge in [-0.15, -0.1) is 0 Å². The molecule has 1 aliphatic rings. The summed E-state index contributed by atoms with van der Waals surface area (Å²) in [6.45, 7) is 8.31. The van der Waals surface area contributed by atoms with E-state index in [1.807, 2.05) is 0 Å². The van der Waals surface area contributed by atoms with Crippen molar-refractivity contribution in [3.8, 4) is 0 Å². The van der Waals surface area contributed by atoms with Gasteiger partial charge in [0.05, 0.1) is 0 Å². The van der Waals surface area contributed by atoms with Gasteiger partial charge in [-0.25, -0.2) is 0 Å². The molecule has 0 unspecified atom stereocenters. The predicted molar refractivity (Wildman–Crippen MR) is 55.6 cm³/mol. The summed E-state index contributed by atoms with van der Waals surface area (Å²) in [5, 5.41) is 0. The van der Waals surface area contributed by atoms with Crippen LogP contribution in [0.25, 0.3) is 0 Å². The predicted octanol–water partition coefficient (Wildman–Crippen LogP) is -1.09. The Labute approximate surface area is 80.9 Å². The average molecular weight is 186 g/mol. The number of nitrogens with zero attached hydrogens (tertiary/aromatic N) is 2. The van der Waals surface area contributed by atoms with Gasteiger partial charge in [0.2, 0.25) is 0 Å². The van der Waals surface area contributed by atoms with E-state index in [2.05, 4.69) is 9.80 Å². The lowest BCUT2D eigenvalue weighted by Gasteiger charge is -2.20. The van der Waals surface area contributed by atoms with Crippen molar-refractivity contribution < 1.29 is 0 Å². The van der Waals surface area contributed by atoms with Crippen LogP contribution < -0.4 is 11.5 Å². The second-order valence-electron chi connectivity index (χ2n) is 3.61. The van der Waals surface area contributed by atoms with Crippen molar-refractivity contribution in [1.29, 1.82) is 0 Å². The molecule has 0 aromatic carbocycles. The van der Waals surface area contributed by atoms with Gasteiger partial charge in [0, 0.05) is 39.3 Å². The largest absolute Gasteiger partial charge is 0.329 e. The molecule has 1 fully saturated rings. The molecule has 0 atom stereocenters. The summed E-state index contributed by atoms with van der Waals surface area (Å²) in [4.78, 5) is 4.88.